The third-order valence-corrected chi connectivity index (χ3v) is 0.869. The molecule has 0 aliphatic heterocycles. The first kappa shape index (κ1) is 10.5. The minimum absolute atomic E-state index is 0. The second-order valence-corrected chi connectivity index (χ2v) is 1.43. The maximum atomic E-state index is 3.74. The van der Waals surface area contributed by atoms with E-state index in [1.807, 2.05) is 5.38 Å². The molecule has 1 nitrogen and oxygen atoms in total. The van der Waals surface area contributed by atoms with Gasteiger partial charge in [0, 0.05) is 28.6 Å². The van der Waals surface area contributed by atoms with Crippen molar-refractivity contribution in [1.82, 2.24) is 4.98 Å². The summed E-state index contributed by atoms with van der Waals surface area (Å²) in [5.74, 6) is 0. The molecule has 1 heterocycles. The van der Waals surface area contributed by atoms with Gasteiger partial charge in [0.25, 0.3) is 0 Å². The van der Waals surface area contributed by atoms with Crippen molar-refractivity contribution >= 4 is 24.8 Å². The van der Waals surface area contributed by atoms with Crippen LogP contribution in [0.1, 0.15) is 0 Å². The molecule has 45 valence electrons. The summed E-state index contributed by atoms with van der Waals surface area (Å²) in [6, 6.07) is 0. The van der Waals surface area contributed by atoms with Crippen LogP contribution in [0, 0.1) is 0 Å². The molecule has 0 aromatic carbocycles. The van der Waals surface area contributed by atoms with E-state index in [-0.39, 0.29) is 30.6 Å². The van der Waals surface area contributed by atoms with Crippen LogP contribution in [0.5, 0.6) is 0 Å². The zero-order valence-electron chi connectivity index (χ0n) is 3.39. The SMILES string of the molecule is S.[Cu].c1cscn1. The quantitative estimate of drug-likeness (QED) is 0.551. The molecular weight excluding hydrogens is 178 g/mol. The largest absolute Gasteiger partial charge is 0.253 e. The van der Waals surface area contributed by atoms with Gasteiger partial charge in [-0.05, 0) is 0 Å². The zero-order chi connectivity index (χ0) is 3.54. The van der Waals surface area contributed by atoms with E-state index >= 15 is 0 Å². The summed E-state index contributed by atoms with van der Waals surface area (Å²) in [6.07, 6.45) is 1.77. The van der Waals surface area contributed by atoms with Gasteiger partial charge in [-0.25, -0.2) is 0 Å². The van der Waals surface area contributed by atoms with Gasteiger partial charge in [-0.1, -0.05) is 0 Å². The Bertz CT molecular complexity index is 69.4. The van der Waals surface area contributed by atoms with Crippen LogP contribution in [-0.4, -0.2) is 4.98 Å². The average Bonchev–Trinajstić information content (AvgIpc) is 1.76. The molecule has 0 fully saturated rings. The van der Waals surface area contributed by atoms with Crippen LogP contribution < -0.4 is 0 Å². The van der Waals surface area contributed by atoms with Crippen LogP contribution in [0.2, 0.25) is 0 Å². The predicted molar refractivity (Wildman–Crippen MR) is 32.5 cm³/mol. The summed E-state index contributed by atoms with van der Waals surface area (Å²) >= 11 is 1.60. The molecule has 1 aromatic rings. The number of thiazole rings is 1. The van der Waals surface area contributed by atoms with Gasteiger partial charge in [-0.2, -0.15) is 13.5 Å². The van der Waals surface area contributed by atoms with E-state index in [4.69, 9.17) is 0 Å². The Balaban J connectivity index is 0. The van der Waals surface area contributed by atoms with Crippen LogP contribution in [0.3, 0.4) is 0 Å². The second kappa shape index (κ2) is 6.50. The van der Waals surface area contributed by atoms with Gasteiger partial charge < -0.3 is 0 Å². The average molecular weight is 183 g/mol. The maximum Gasteiger partial charge on any atom is 0.0791 e. The number of hydrogen-bond acceptors (Lipinski definition) is 2. The zero-order valence-corrected chi connectivity index (χ0v) is 6.15. The molecule has 0 amide bonds. The Morgan fingerprint density at radius 3 is 2.29 bits per heavy atom. The molecule has 0 aliphatic rings. The van der Waals surface area contributed by atoms with Gasteiger partial charge in [0.1, 0.15) is 0 Å². The monoisotopic (exact) mass is 182 g/mol. The Hall–Kier alpha value is 0.499. The molecule has 0 spiro atoms. The molecule has 1 radical (unpaired) electrons. The van der Waals surface area contributed by atoms with Crippen molar-refractivity contribution in [2.45, 2.75) is 0 Å². The molecule has 0 saturated heterocycles. The number of nitrogens with zero attached hydrogens (tertiary/aromatic N) is 1. The van der Waals surface area contributed by atoms with E-state index in [1.165, 1.54) is 0 Å². The number of rotatable bonds is 0. The van der Waals surface area contributed by atoms with Gasteiger partial charge in [-0.3, -0.25) is 4.98 Å². The fourth-order valence-corrected chi connectivity index (χ4v) is 0.527. The molecule has 1 rings (SSSR count). The third kappa shape index (κ3) is 4.35. The first-order chi connectivity index (χ1) is 2.50. The van der Waals surface area contributed by atoms with Gasteiger partial charge in [0.15, 0.2) is 0 Å². The molecule has 0 atom stereocenters. The minimum atomic E-state index is 0. The molecule has 0 unspecified atom stereocenters. The van der Waals surface area contributed by atoms with E-state index in [0.717, 1.165) is 0 Å². The molecule has 1 aromatic heterocycles. The van der Waals surface area contributed by atoms with E-state index in [9.17, 15) is 0 Å². The Labute approximate surface area is 64.1 Å². The molecular formula is C3H5CuNS2. The summed E-state index contributed by atoms with van der Waals surface area (Å²) < 4.78 is 0. The third-order valence-electron chi connectivity index (χ3n) is 0.347. The van der Waals surface area contributed by atoms with Crippen LogP contribution in [0.15, 0.2) is 17.1 Å². The first-order valence-corrected chi connectivity index (χ1v) is 2.26. The normalized spacial score (nSPS) is 5.71. The molecule has 0 saturated carbocycles. The van der Waals surface area contributed by atoms with Gasteiger partial charge in [-0.15, -0.1) is 11.3 Å². The Kier molecular flexibility index (Phi) is 9.73. The number of hydrogen-bond donors (Lipinski definition) is 0. The summed E-state index contributed by atoms with van der Waals surface area (Å²) in [4.78, 5) is 3.74. The molecule has 0 bridgehead atoms. The van der Waals surface area contributed by atoms with Crippen molar-refractivity contribution in [3.63, 3.8) is 0 Å². The molecule has 0 N–H and O–H groups in total. The van der Waals surface area contributed by atoms with Crippen LogP contribution >= 0.6 is 24.8 Å². The summed E-state index contributed by atoms with van der Waals surface area (Å²) in [7, 11) is 0. The smallest absolute Gasteiger partial charge is 0.0791 e. The van der Waals surface area contributed by atoms with E-state index in [0.29, 0.717) is 0 Å². The maximum absolute atomic E-state index is 3.74. The van der Waals surface area contributed by atoms with Crippen LogP contribution in [-0.2, 0) is 17.1 Å². The fraction of sp³-hybridized carbons (Fsp3) is 0. The van der Waals surface area contributed by atoms with E-state index < -0.39 is 0 Å². The fourth-order valence-electron chi connectivity index (χ4n) is 0.176. The van der Waals surface area contributed by atoms with Crippen LogP contribution in [0.4, 0.5) is 0 Å². The van der Waals surface area contributed by atoms with Crippen molar-refractivity contribution < 1.29 is 17.1 Å². The standard InChI is InChI=1S/C3H3NS.Cu.H2S/c1-2-5-3-4-1;;/h1-3H;;1H2. The van der Waals surface area contributed by atoms with E-state index in [1.54, 1.807) is 23.0 Å². The van der Waals surface area contributed by atoms with Crippen molar-refractivity contribution in [3.05, 3.63) is 17.1 Å². The second-order valence-electron chi connectivity index (χ2n) is 0.676. The van der Waals surface area contributed by atoms with Gasteiger partial charge in [0.05, 0.1) is 5.51 Å². The summed E-state index contributed by atoms with van der Waals surface area (Å²) in [5.41, 5.74) is 1.79. The van der Waals surface area contributed by atoms with E-state index in [2.05, 4.69) is 4.98 Å². The Morgan fingerprint density at radius 1 is 1.43 bits per heavy atom. The topological polar surface area (TPSA) is 12.9 Å². The number of aromatic nitrogens is 1. The predicted octanol–water partition coefficient (Wildman–Crippen LogP) is 1.25. The summed E-state index contributed by atoms with van der Waals surface area (Å²) in [6.45, 7) is 0. The van der Waals surface area contributed by atoms with Gasteiger partial charge >= 0.3 is 0 Å². The summed E-state index contributed by atoms with van der Waals surface area (Å²) in [5, 5.41) is 1.93. The minimum Gasteiger partial charge on any atom is -0.253 e. The van der Waals surface area contributed by atoms with Crippen LogP contribution in [0.25, 0.3) is 0 Å². The van der Waals surface area contributed by atoms with Crippen molar-refractivity contribution in [2.24, 2.45) is 0 Å². The van der Waals surface area contributed by atoms with Crippen molar-refractivity contribution in [1.29, 1.82) is 0 Å². The van der Waals surface area contributed by atoms with Crippen molar-refractivity contribution in [2.75, 3.05) is 0 Å². The van der Waals surface area contributed by atoms with Crippen molar-refractivity contribution in [3.8, 4) is 0 Å². The molecule has 4 heteroatoms. The first-order valence-electron chi connectivity index (χ1n) is 1.32. The molecule has 0 aliphatic carbocycles. The van der Waals surface area contributed by atoms with Gasteiger partial charge in [0.2, 0.25) is 0 Å². The molecule has 7 heavy (non-hydrogen) atoms. The Morgan fingerprint density at radius 2 is 2.14 bits per heavy atom.